The predicted molar refractivity (Wildman–Crippen MR) is 53.5 cm³/mol. The molecule has 1 saturated carbocycles. The van der Waals surface area contributed by atoms with Gasteiger partial charge in [-0.15, -0.1) is 12.4 Å². The fraction of sp³-hybridized carbons (Fsp3) is 0.400. The van der Waals surface area contributed by atoms with Crippen LogP contribution in [0.3, 0.4) is 0 Å². The molecule has 1 aromatic carbocycles. The van der Waals surface area contributed by atoms with Gasteiger partial charge in [0.05, 0.1) is 0 Å². The third kappa shape index (κ3) is 2.23. The average Bonchev–Trinajstić information content (AvgIpc) is 2.70. The molecule has 1 aliphatic rings. The van der Waals surface area contributed by atoms with Crippen molar-refractivity contribution in [3.05, 3.63) is 35.9 Å². The van der Waals surface area contributed by atoms with Gasteiger partial charge in [-0.1, -0.05) is 30.3 Å². The lowest BCUT2D eigenvalue weighted by Gasteiger charge is -2.06. The van der Waals surface area contributed by atoms with E-state index in [1.165, 1.54) is 18.4 Å². The zero-order chi connectivity index (χ0) is 7.73. The molecule has 0 saturated heterocycles. The van der Waals surface area contributed by atoms with E-state index >= 15 is 0 Å². The van der Waals surface area contributed by atoms with Crippen LogP contribution in [0, 0.1) is 0 Å². The van der Waals surface area contributed by atoms with Crippen molar-refractivity contribution in [2.45, 2.75) is 24.8 Å². The van der Waals surface area contributed by atoms with Gasteiger partial charge in [0.25, 0.3) is 0 Å². The number of hydrogen-bond acceptors (Lipinski definition) is 1. The molecule has 2 heteroatoms. The highest BCUT2D eigenvalue weighted by Crippen LogP contribution is 2.35. The summed E-state index contributed by atoms with van der Waals surface area (Å²) in [5.41, 5.74) is 7.50. The first-order chi connectivity index (χ1) is 5.29. The van der Waals surface area contributed by atoms with Crippen LogP contribution in [0.4, 0.5) is 0 Å². The summed E-state index contributed by atoms with van der Waals surface area (Å²) in [7, 11) is 0. The fourth-order valence-corrected chi connectivity index (χ4v) is 1.34. The maximum Gasteiger partial charge on any atom is 0.0196 e. The Kier molecular flexibility index (Phi) is 2.76. The second-order valence-electron chi connectivity index (χ2n) is 3.52. The second kappa shape index (κ2) is 3.46. The molecule has 0 aromatic heterocycles. The quantitative estimate of drug-likeness (QED) is 0.747. The van der Waals surface area contributed by atoms with E-state index in [4.69, 9.17) is 5.73 Å². The van der Waals surface area contributed by atoms with Gasteiger partial charge in [-0.2, -0.15) is 0 Å². The number of rotatable bonds is 2. The standard InChI is InChI=1S/C10H13N.ClH/c11-10(6-7-10)8-9-4-2-1-3-5-9;/h1-5H,6-8,11H2;1H. The Hall–Kier alpha value is -0.530. The van der Waals surface area contributed by atoms with Crippen molar-refractivity contribution in [1.82, 2.24) is 0 Å². The van der Waals surface area contributed by atoms with Crippen LogP contribution in [0.5, 0.6) is 0 Å². The molecule has 0 aliphatic heterocycles. The predicted octanol–water partition coefficient (Wildman–Crippen LogP) is 2.14. The van der Waals surface area contributed by atoms with Crippen LogP contribution in [0.25, 0.3) is 0 Å². The first-order valence-electron chi connectivity index (χ1n) is 4.11. The summed E-state index contributed by atoms with van der Waals surface area (Å²) >= 11 is 0. The summed E-state index contributed by atoms with van der Waals surface area (Å²) in [6, 6.07) is 10.5. The zero-order valence-electron chi connectivity index (χ0n) is 6.99. The molecule has 0 radical (unpaired) electrons. The SMILES string of the molecule is Cl.NC1(Cc2ccccc2)CC1. The number of nitrogens with two attached hydrogens (primary N) is 1. The number of benzene rings is 1. The first-order valence-corrected chi connectivity index (χ1v) is 4.11. The molecule has 0 heterocycles. The van der Waals surface area contributed by atoms with E-state index < -0.39 is 0 Å². The van der Waals surface area contributed by atoms with Crippen LogP contribution in [0.1, 0.15) is 18.4 Å². The molecule has 12 heavy (non-hydrogen) atoms. The summed E-state index contributed by atoms with van der Waals surface area (Å²) in [5, 5.41) is 0. The molecule has 0 spiro atoms. The van der Waals surface area contributed by atoms with E-state index in [1.54, 1.807) is 0 Å². The minimum absolute atomic E-state index is 0. The third-order valence-electron chi connectivity index (χ3n) is 2.29. The second-order valence-corrected chi connectivity index (χ2v) is 3.52. The summed E-state index contributed by atoms with van der Waals surface area (Å²) in [4.78, 5) is 0. The molecule has 0 unspecified atom stereocenters. The van der Waals surface area contributed by atoms with Crippen LogP contribution in [0.15, 0.2) is 30.3 Å². The van der Waals surface area contributed by atoms with E-state index in [2.05, 4.69) is 24.3 Å². The average molecular weight is 184 g/mol. The van der Waals surface area contributed by atoms with Gasteiger partial charge in [-0.25, -0.2) is 0 Å². The molecule has 2 N–H and O–H groups in total. The summed E-state index contributed by atoms with van der Waals surface area (Å²) in [6.45, 7) is 0. The molecule has 2 rings (SSSR count). The van der Waals surface area contributed by atoms with Gasteiger partial charge in [0.2, 0.25) is 0 Å². The van der Waals surface area contributed by atoms with Gasteiger partial charge in [-0.05, 0) is 24.8 Å². The van der Waals surface area contributed by atoms with E-state index in [0.717, 1.165) is 6.42 Å². The highest BCUT2D eigenvalue weighted by Gasteiger charge is 2.37. The Morgan fingerprint density at radius 1 is 1.17 bits per heavy atom. The topological polar surface area (TPSA) is 26.0 Å². The van der Waals surface area contributed by atoms with Crippen molar-refractivity contribution in [1.29, 1.82) is 0 Å². The van der Waals surface area contributed by atoms with Gasteiger partial charge in [0.1, 0.15) is 0 Å². The smallest absolute Gasteiger partial charge is 0.0196 e. The van der Waals surface area contributed by atoms with Gasteiger partial charge in [0.15, 0.2) is 0 Å². The molecule has 1 fully saturated rings. The molecular formula is C10H14ClN. The van der Waals surface area contributed by atoms with Crippen molar-refractivity contribution in [2.75, 3.05) is 0 Å². The van der Waals surface area contributed by atoms with Gasteiger partial charge in [-0.3, -0.25) is 0 Å². The van der Waals surface area contributed by atoms with Crippen LogP contribution in [-0.4, -0.2) is 5.54 Å². The lowest BCUT2D eigenvalue weighted by Crippen LogP contribution is -2.24. The molecule has 0 bridgehead atoms. The molecule has 0 amide bonds. The Morgan fingerprint density at radius 3 is 2.25 bits per heavy atom. The molecule has 66 valence electrons. The van der Waals surface area contributed by atoms with E-state index in [0.29, 0.717) is 0 Å². The maximum atomic E-state index is 5.98. The maximum absolute atomic E-state index is 5.98. The molecule has 0 atom stereocenters. The minimum atomic E-state index is 0. The van der Waals surface area contributed by atoms with Crippen molar-refractivity contribution in [3.8, 4) is 0 Å². The lowest BCUT2D eigenvalue weighted by atomic mass is 10.1. The van der Waals surface area contributed by atoms with Crippen LogP contribution < -0.4 is 5.73 Å². The van der Waals surface area contributed by atoms with Crippen LogP contribution in [0.2, 0.25) is 0 Å². The fourth-order valence-electron chi connectivity index (χ4n) is 1.34. The van der Waals surface area contributed by atoms with E-state index in [-0.39, 0.29) is 17.9 Å². The number of hydrogen-bond donors (Lipinski definition) is 1. The molecule has 1 aliphatic carbocycles. The Balaban J connectivity index is 0.000000720. The highest BCUT2D eigenvalue weighted by molar-refractivity contribution is 5.85. The minimum Gasteiger partial charge on any atom is -0.325 e. The Morgan fingerprint density at radius 2 is 1.75 bits per heavy atom. The van der Waals surface area contributed by atoms with Crippen molar-refractivity contribution < 1.29 is 0 Å². The van der Waals surface area contributed by atoms with Crippen molar-refractivity contribution >= 4 is 12.4 Å². The molecule has 1 nitrogen and oxygen atoms in total. The van der Waals surface area contributed by atoms with Crippen LogP contribution >= 0.6 is 12.4 Å². The highest BCUT2D eigenvalue weighted by atomic mass is 35.5. The normalized spacial score (nSPS) is 18.1. The van der Waals surface area contributed by atoms with E-state index in [9.17, 15) is 0 Å². The Labute approximate surface area is 79.4 Å². The third-order valence-corrected chi connectivity index (χ3v) is 2.29. The van der Waals surface area contributed by atoms with Gasteiger partial charge in [0, 0.05) is 5.54 Å². The Bertz CT molecular complexity index is 241. The van der Waals surface area contributed by atoms with E-state index in [1.807, 2.05) is 6.07 Å². The van der Waals surface area contributed by atoms with Crippen molar-refractivity contribution in [3.63, 3.8) is 0 Å². The van der Waals surface area contributed by atoms with Gasteiger partial charge < -0.3 is 5.73 Å². The summed E-state index contributed by atoms with van der Waals surface area (Å²) in [5.74, 6) is 0. The monoisotopic (exact) mass is 183 g/mol. The van der Waals surface area contributed by atoms with Crippen LogP contribution in [-0.2, 0) is 6.42 Å². The molecular weight excluding hydrogens is 170 g/mol. The number of halogens is 1. The largest absolute Gasteiger partial charge is 0.325 e. The molecule has 1 aromatic rings. The van der Waals surface area contributed by atoms with Gasteiger partial charge >= 0.3 is 0 Å². The van der Waals surface area contributed by atoms with Crippen molar-refractivity contribution in [2.24, 2.45) is 5.73 Å². The lowest BCUT2D eigenvalue weighted by molar-refractivity contribution is 0.672. The summed E-state index contributed by atoms with van der Waals surface area (Å²) in [6.07, 6.45) is 3.44. The zero-order valence-corrected chi connectivity index (χ0v) is 7.81. The first kappa shape index (κ1) is 9.56. The summed E-state index contributed by atoms with van der Waals surface area (Å²) < 4.78 is 0.